The minimum absolute atomic E-state index is 0.0508. The maximum atomic E-state index is 13.5. The molecule has 32 heavy (non-hydrogen) atoms. The van der Waals surface area contributed by atoms with E-state index in [0.717, 1.165) is 0 Å². The molecule has 2 N–H and O–H groups in total. The lowest BCUT2D eigenvalue weighted by Crippen LogP contribution is -2.44. The molecule has 0 radical (unpaired) electrons. The molecule has 1 heterocycles. The van der Waals surface area contributed by atoms with Crippen LogP contribution in [-0.4, -0.2) is 46.4 Å². The van der Waals surface area contributed by atoms with Crippen LogP contribution in [-0.2, 0) is 23.9 Å². The Hall–Kier alpha value is -2.15. The van der Waals surface area contributed by atoms with Gasteiger partial charge < -0.3 is 19.7 Å². The minimum Gasteiger partial charge on any atom is -0.481 e. The zero-order valence-corrected chi connectivity index (χ0v) is 18.5. The first-order valence-corrected chi connectivity index (χ1v) is 11.2. The maximum absolute atomic E-state index is 13.5. The van der Waals surface area contributed by atoms with E-state index >= 15 is 0 Å². The molecule has 178 valence electrons. The first kappa shape index (κ1) is 17.3. The van der Waals surface area contributed by atoms with Crippen LogP contribution in [0.15, 0.2) is 23.8 Å². The highest BCUT2D eigenvalue weighted by Gasteiger charge is 2.45. The van der Waals surface area contributed by atoms with E-state index < -0.39 is 73.6 Å². The van der Waals surface area contributed by atoms with Gasteiger partial charge in [0.2, 0.25) is 0 Å². The van der Waals surface area contributed by atoms with Crippen molar-refractivity contribution in [1.82, 2.24) is 0 Å². The largest absolute Gasteiger partial charge is 0.481 e. The molecule has 3 rings (SSSR count). The number of carboxylic acid groups (broad SMARTS) is 1. The average molecular weight is 455 g/mol. The van der Waals surface area contributed by atoms with Gasteiger partial charge in [0.15, 0.2) is 0 Å². The Kier molecular flexibility index (Phi) is 5.30. The highest BCUT2D eigenvalue weighted by Crippen LogP contribution is 2.45. The number of carbonyl (C=O) groups excluding carboxylic acids is 2. The number of aliphatic carboxylic acids is 1. The van der Waals surface area contributed by atoms with Gasteiger partial charge in [0, 0.05) is 27.0 Å². The van der Waals surface area contributed by atoms with Crippen LogP contribution in [0.2, 0.25) is 0 Å². The first-order valence-electron chi connectivity index (χ1n) is 14.2. The summed E-state index contributed by atoms with van der Waals surface area (Å²) in [5.74, 6) is -4.79. The lowest BCUT2D eigenvalue weighted by Gasteiger charge is -2.44. The number of hydrogen-bond donors (Lipinski definition) is 2. The van der Waals surface area contributed by atoms with E-state index in [9.17, 15) is 24.6 Å². The van der Waals surface area contributed by atoms with Crippen LogP contribution in [0.25, 0.3) is 0 Å². The van der Waals surface area contributed by atoms with E-state index in [4.69, 9.17) is 17.7 Å². The number of cyclic esters (lactones) is 1. The third-order valence-corrected chi connectivity index (χ3v) is 6.91. The first-order chi connectivity index (χ1) is 17.5. The summed E-state index contributed by atoms with van der Waals surface area (Å²) < 4.78 is 58.6. The molecule has 7 nitrogen and oxygen atoms in total. The van der Waals surface area contributed by atoms with E-state index in [1.54, 1.807) is 12.2 Å². The van der Waals surface area contributed by atoms with Crippen LogP contribution >= 0.6 is 0 Å². The van der Waals surface area contributed by atoms with Crippen LogP contribution in [0.1, 0.15) is 74.3 Å². The second-order valence-corrected chi connectivity index (χ2v) is 9.24. The molecule has 0 aromatic carbocycles. The number of aliphatic hydroxyl groups excluding tert-OH is 1. The average Bonchev–Trinajstić information content (AvgIpc) is 2.76. The lowest BCUT2D eigenvalue weighted by atomic mass is 9.65. The maximum Gasteiger partial charge on any atom is 0.311 e. The van der Waals surface area contributed by atoms with Crippen molar-refractivity contribution in [3.63, 3.8) is 0 Å². The van der Waals surface area contributed by atoms with Crippen molar-refractivity contribution in [2.24, 2.45) is 29.1 Å². The van der Waals surface area contributed by atoms with Crippen LogP contribution in [0, 0.1) is 29.1 Å². The van der Waals surface area contributed by atoms with Crippen LogP contribution < -0.4 is 0 Å². The Labute approximate surface area is 198 Å². The van der Waals surface area contributed by atoms with E-state index in [2.05, 4.69) is 0 Å². The molecule has 0 aromatic heterocycles. The van der Waals surface area contributed by atoms with E-state index in [1.165, 1.54) is 6.92 Å². The molecule has 0 saturated carbocycles. The smallest absolute Gasteiger partial charge is 0.311 e. The van der Waals surface area contributed by atoms with Gasteiger partial charge in [0.25, 0.3) is 0 Å². The minimum atomic E-state index is -3.19. The molecule has 7 atom stereocenters. The second-order valence-electron chi connectivity index (χ2n) is 9.24. The highest BCUT2D eigenvalue weighted by atomic mass is 16.6. The molecule has 7 heteroatoms. The molecule has 1 unspecified atom stereocenters. The number of esters is 2. The Bertz CT molecular complexity index is 972. The number of allylic oxidation sites excluding steroid dienone is 2. The summed E-state index contributed by atoms with van der Waals surface area (Å²) in [7, 11) is 0. The summed E-state index contributed by atoms with van der Waals surface area (Å²) in [6, 6.07) is 0. The normalized spacial score (nSPS) is 38.4. The fourth-order valence-electron chi connectivity index (χ4n) is 4.98. The van der Waals surface area contributed by atoms with Crippen molar-refractivity contribution in [1.29, 1.82) is 0 Å². The summed E-state index contributed by atoms with van der Waals surface area (Å²) in [6.45, 7) is -3.12. The van der Waals surface area contributed by atoms with Gasteiger partial charge in [0.1, 0.15) is 12.2 Å². The quantitative estimate of drug-likeness (QED) is 0.565. The number of hydrogen-bond acceptors (Lipinski definition) is 6. The van der Waals surface area contributed by atoms with Gasteiger partial charge in [-0.3, -0.25) is 14.4 Å². The highest BCUT2D eigenvalue weighted by molar-refractivity contribution is 5.77. The van der Waals surface area contributed by atoms with Crippen molar-refractivity contribution < 1.29 is 42.3 Å². The molecule has 1 aliphatic heterocycles. The topological polar surface area (TPSA) is 110 Å². The van der Waals surface area contributed by atoms with Gasteiger partial charge in [-0.2, -0.15) is 0 Å². The van der Waals surface area contributed by atoms with Crippen molar-refractivity contribution in [3.05, 3.63) is 23.8 Å². The van der Waals surface area contributed by atoms with Gasteiger partial charge >= 0.3 is 17.9 Å². The second kappa shape index (κ2) is 9.77. The fraction of sp³-hybridized carbons (Fsp3) is 0.720. The Morgan fingerprint density at radius 3 is 2.69 bits per heavy atom. The zero-order chi connectivity index (χ0) is 28.6. The monoisotopic (exact) mass is 454 g/mol. The number of aliphatic hydroxyl groups is 1. The summed E-state index contributed by atoms with van der Waals surface area (Å²) >= 11 is 0. The predicted octanol–water partition coefficient (Wildman–Crippen LogP) is 3.65. The van der Waals surface area contributed by atoms with Crippen LogP contribution in [0.4, 0.5) is 0 Å². The molecule has 1 fully saturated rings. The molecule has 3 aliphatic rings. The molecule has 2 aliphatic carbocycles. The molecule has 0 amide bonds. The van der Waals surface area contributed by atoms with Crippen molar-refractivity contribution in [3.8, 4) is 0 Å². The summed E-state index contributed by atoms with van der Waals surface area (Å²) in [5.41, 5.74) is -2.15. The predicted molar refractivity (Wildman–Crippen MR) is 117 cm³/mol. The van der Waals surface area contributed by atoms with E-state index in [1.807, 2.05) is 13.0 Å². The number of carbonyl (C=O) groups is 3. The summed E-state index contributed by atoms with van der Waals surface area (Å²) in [6.07, 6.45) is 3.42. The van der Waals surface area contributed by atoms with E-state index in [-0.39, 0.29) is 24.7 Å². The fourth-order valence-corrected chi connectivity index (χ4v) is 4.98. The molecular weight excluding hydrogens is 412 g/mol. The van der Waals surface area contributed by atoms with Gasteiger partial charge in [-0.25, -0.2) is 0 Å². The lowest BCUT2D eigenvalue weighted by molar-refractivity contribution is -0.167. The third-order valence-electron chi connectivity index (χ3n) is 6.91. The van der Waals surface area contributed by atoms with Crippen molar-refractivity contribution in [2.45, 2.75) is 84.4 Å². The van der Waals surface area contributed by atoms with Crippen LogP contribution in [0.3, 0.4) is 0 Å². The van der Waals surface area contributed by atoms with Crippen LogP contribution in [0.5, 0.6) is 0 Å². The summed E-state index contributed by atoms with van der Waals surface area (Å²) in [5, 5.41) is 19.7. The Balaban J connectivity index is 1.94. The van der Waals surface area contributed by atoms with Gasteiger partial charge in [-0.1, -0.05) is 32.1 Å². The molecule has 0 aromatic rings. The number of rotatable bonds is 7. The molecule has 0 bridgehead atoms. The molecule has 0 spiro atoms. The van der Waals surface area contributed by atoms with Gasteiger partial charge in [0.05, 0.1) is 23.9 Å². The van der Waals surface area contributed by atoms with Crippen molar-refractivity contribution >= 4 is 17.9 Å². The molecular formula is C25H36O7. The number of fused-ring (bicyclic) bond motifs is 1. The van der Waals surface area contributed by atoms with E-state index in [0.29, 0.717) is 24.8 Å². The molecule has 1 saturated heterocycles. The number of ether oxygens (including phenoxy) is 2. The van der Waals surface area contributed by atoms with Crippen molar-refractivity contribution in [2.75, 3.05) is 0 Å². The Morgan fingerprint density at radius 2 is 2.06 bits per heavy atom. The zero-order valence-electron chi connectivity index (χ0n) is 24.5. The SMILES string of the molecule is [2H]C([2H])([2H])C(CC)(C(=O)O[C@@H]1CC(C(=O)O)C=C2C=C[C@@H](C)[C@@H](CC[C@H]3C[C@H](O)CC(=O)O3)[C@@H]21)C([2H])([2H])[2H]. The standard InChI is InChI=1S/C25H36O7/c1-5-25(3,4)24(30)32-20-11-16(23(28)29)10-15-7-6-14(2)19(22(15)20)9-8-18-12-17(26)13-21(27)31-18/h6-7,10,14,16-20,22,26H,5,8-9,11-13H2,1-4H3,(H,28,29)/t14-,16?,17+,18+,19-,20-,22-/m1/s1/i3D3,4D3. The third kappa shape index (κ3) is 5.42. The number of carboxylic acids is 1. The Morgan fingerprint density at radius 1 is 1.31 bits per heavy atom. The van der Waals surface area contributed by atoms with Gasteiger partial charge in [-0.15, -0.1) is 0 Å². The van der Waals surface area contributed by atoms with Gasteiger partial charge in [-0.05, 0) is 50.4 Å². The summed E-state index contributed by atoms with van der Waals surface area (Å²) in [4.78, 5) is 37.1.